The van der Waals surface area contributed by atoms with Gasteiger partial charge in [0.2, 0.25) is 5.91 Å². The highest BCUT2D eigenvalue weighted by Crippen LogP contribution is 2.14. The van der Waals surface area contributed by atoms with Crippen molar-refractivity contribution < 1.29 is 14.3 Å². The van der Waals surface area contributed by atoms with Gasteiger partial charge in [-0.3, -0.25) is 9.59 Å². The summed E-state index contributed by atoms with van der Waals surface area (Å²) in [5, 5.41) is 3.02. The average molecular weight is 286 g/mol. The number of likely N-dealkylation sites (tertiary alicyclic amines) is 1. The van der Waals surface area contributed by atoms with Crippen molar-refractivity contribution in [3.05, 3.63) is 0 Å². The molecule has 5 nitrogen and oxygen atoms in total. The predicted molar refractivity (Wildman–Crippen MR) is 80.7 cm³/mol. The molecule has 1 N–H and O–H groups in total. The fourth-order valence-electron chi connectivity index (χ4n) is 2.06. The summed E-state index contributed by atoms with van der Waals surface area (Å²) < 4.78 is 5.71. The molecule has 0 atom stereocenters. The number of carbonyl (C=O) groups excluding carboxylic acids is 2. The molecule has 0 spiro atoms. The predicted octanol–water partition coefficient (Wildman–Crippen LogP) is 1.61. The Morgan fingerprint density at radius 2 is 1.85 bits per heavy atom. The first-order chi connectivity index (χ1) is 9.63. The number of Topliss-reactive ketones (excluding diaryl/α,β-unsaturated/α-hetero) is 1. The molecule has 1 heterocycles. The topological polar surface area (TPSA) is 58.6 Å². The molecule has 0 saturated carbocycles. The fraction of sp³-hybridized carbons (Fsp3) is 0.867. The standard InChI is InChI=1S/C13H24N2O3.C2H6/c1-3-13(17)15-7-4-12(5-8-15)18-9-6-14-10-11(2)16;1-2/h12,14H,3-10H2,1-2H3;1-2H3. The number of carbonyl (C=O) groups is 2. The van der Waals surface area contributed by atoms with Gasteiger partial charge in [0.15, 0.2) is 0 Å². The molecular formula is C15H30N2O3. The molecule has 0 aromatic rings. The van der Waals surface area contributed by atoms with E-state index in [2.05, 4.69) is 5.32 Å². The highest BCUT2D eigenvalue weighted by atomic mass is 16.5. The normalized spacial score (nSPS) is 15.5. The van der Waals surface area contributed by atoms with Crippen molar-refractivity contribution in [3.8, 4) is 0 Å². The molecule has 0 aromatic carbocycles. The molecule has 1 rings (SSSR count). The maximum Gasteiger partial charge on any atom is 0.222 e. The molecule has 1 amide bonds. The lowest BCUT2D eigenvalue weighted by Crippen LogP contribution is -2.41. The van der Waals surface area contributed by atoms with E-state index in [0.717, 1.165) is 25.9 Å². The third-order valence-electron chi connectivity index (χ3n) is 3.10. The van der Waals surface area contributed by atoms with E-state index in [4.69, 9.17) is 4.74 Å². The summed E-state index contributed by atoms with van der Waals surface area (Å²) in [6.45, 7) is 10.8. The van der Waals surface area contributed by atoms with Gasteiger partial charge in [-0.15, -0.1) is 0 Å². The van der Waals surface area contributed by atoms with E-state index < -0.39 is 0 Å². The van der Waals surface area contributed by atoms with Crippen LogP contribution in [0, 0.1) is 0 Å². The molecule has 1 aliphatic heterocycles. The minimum atomic E-state index is 0.140. The number of amides is 1. The van der Waals surface area contributed by atoms with Crippen LogP contribution in [0.5, 0.6) is 0 Å². The molecule has 0 aromatic heterocycles. The Morgan fingerprint density at radius 3 is 2.35 bits per heavy atom. The smallest absolute Gasteiger partial charge is 0.222 e. The van der Waals surface area contributed by atoms with E-state index in [1.807, 2.05) is 25.7 Å². The van der Waals surface area contributed by atoms with Crippen LogP contribution in [0.15, 0.2) is 0 Å². The van der Waals surface area contributed by atoms with Crippen LogP contribution in [0.2, 0.25) is 0 Å². The number of ether oxygens (including phenoxy) is 1. The quantitative estimate of drug-likeness (QED) is 0.722. The van der Waals surface area contributed by atoms with E-state index in [0.29, 0.717) is 26.1 Å². The molecular weight excluding hydrogens is 256 g/mol. The third kappa shape index (κ3) is 8.27. The summed E-state index contributed by atoms with van der Waals surface area (Å²) in [6.07, 6.45) is 2.67. The summed E-state index contributed by atoms with van der Waals surface area (Å²) >= 11 is 0. The van der Waals surface area contributed by atoms with E-state index in [9.17, 15) is 9.59 Å². The number of rotatable bonds is 7. The minimum absolute atomic E-state index is 0.140. The highest BCUT2D eigenvalue weighted by molar-refractivity contribution is 5.77. The molecule has 0 radical (unpaired) electrons. The molecule has 1 saturated heterocycles. The zero-order valence-corrected chi connectivity index (χ0v) is 13.4. The Labute approximate surface area is 123 Å². The third-order valence-corrected chi connectivity index (χ3v) is 3.10. The van der Waals surface area contributed by atoms with Gasteiger partial charge in [-0.2, -0.15) is 0 Å². The minimum Gasteiger partial charge on any atom is -0.377 e. The lowest BCUT2D eigenvalue weighted by molar-refractivity contribution is -0.133. The molecule has 1 aliphatic rings. The monoisotopic (exact) mass is 286 g/mol. The van der Waals surface area contributed by atoms with Crippen LogP contribution >= 0.6 is 0 Å². The van der Waals surface area contributed by atoms with Gasteiger partial charge in [-0.05, 0) is 19.8 Å². The molecule has 20 heavy (non-hydrogen) atoms. The number of piperidine rings is 1. The lowest BCUT2D eigenvalue weighted by Gasteiger charge is -2.31. The van der Waals surface area contributed by atoms with E-state index in [1.54, 1.807) is 6.92 Å². The van der Waals surface area contributed by atoms with E-state index in [1.165, 1.54) is 0 Å². The zero-order valence-electron chi connectivity index (χ0n) is 13.4. The van der Waals surface area contributed by atoms with Gasteiger partial charge in [-0.25, -0.2) is 0 Å². The van der Waals surface area contributed by atoms with Crippen LogP contribution in [-0.4, -0.2) is 55.5 Å². The van der Waals surface area contributed by atoms with Gasteiger partial charge in [0.05, 0.1) is 19.3 Å². The first-order valence-electron chi connectivity index (χ1n) is 7.73. The van der Waals surface area contributed by atoms with Crippen LogP contribution in [-0.2, 0) is 14.3 Å². The Bertz CT molecular complexity index is 274. The van der Waals surface area contributed by atoms with Gasteiger partial charge in [-0.1, -0.05) is 20.8 Å². The Balaban J connectivity index is 0.00000172. The van der Waals surface area contributed by atoms with Crippen LogP contribution in [0.4, 0.5) is 0 Å². The maximum absolute atomic E-state index is 11.5. The summed E-state index contributed by atoms with van der Waals surface area (Å²) in [4.78, 5) is 24.1. The summed E-state index contributed by atoms with van der Waals surface area (Å²) in [5.41, 5.74) is 0. The highest BCUT2D eigenvalue weighted by Gasteiger charge is 2.21. The van der Waals surface area contributed by atoms with Crippen molar-refractivity contribution in [3.63, 3.8) is 0 Å². The Hall–Kier alpha value is -0.940. The summed E-state index contributed by atoms with van der Waals surface area (Å²) in [5.74, 6) is 0.373. The van der Waals surface area contributed by atoms with Crippen molar-refractivity contribution in [2.75, 3.05) is 32.8 Å². The Morgan fingerprint density at radius 1 is 1.25 bits per heavy atom. The van der Waals surface area contributed by atoms with Crippen molar-refractivity contribution >= 4 is 11.7 Å². The molecule has 0 bridgehead atoms. The van der Waals surface area contributed by atoms with Crippen LogP contribution in [0.3, 0.4) is 0 Å². The molecule has 1 fully saturated rings. The second-order valence-electron chi connectivity index (χ2n) is 4.68. The number of hydrogen-bond acceptors (Lipinski definition) is 4. The lowest BCUT2D eigenvalue weighted by atomic mass is 10.1. The van der Waals surface area contributed by atoms with Gasteiger partial charge in [0.25, 0.3) is 0 Å². The second-order valence-corrected chi connectivity index (χ2v) is 4.68. The first kappa shape index (κ1) is 19.1. The number of ketones is 1. The Kier molecular flexibility index (Phi) is 11.3. The summed E-state index contributed by atoms with van der Waals surface area (Å²) in [7, 11) is 0. The fourth-order valence-corrected chi connectivity index (χ4v) is 2.06. The number of nitrogens with zero attached hydrogens (tertiary/aromatic N) is 1. The molecule has 0 aliphatic carbocycles. The zero-order chi connectivity index (χ0) is 15.4. The van der Waals surface area contributed by atoms with Gasteiger partial charge >= 0.3 is 0 Å². The number of nitrogens with one attached hydrogen (secondary N) is 1. The van der Waals surface area contributed by atoms with Crippen LogP contribution in [0.25, 0.3) is 0 Å². The molecule has 118 valence electrons. The van der Waals surface area contributed by atoms with Crippen molar-refractivity contribution in [1.82, 2.24) is 10.2 Å². The molecule has 0 unspecified atom stereocenters. The first-order valence-corrected chi connectivity index (χ1v) is 7.73. The van der Waals surface area contributed by atoms with Crippen LogP contribution < -0.4 is 5.32 Å². The van der Waals surface area contributed by atoms with E-state index in [-0.39, 0.29) is 17.8 Å². The van der Waals surface area contributed by atoms with Crippen molar-refractivity contribution in [2.24, 2.45) is 0 Å². The van der Waals surface area contributed by atoms with Crippen molar-refractivity contribution in [1.29, 1.82) is 0 Å². The van der Waals surface area contributed by atoms with Gasteiger partial charge in [0, 0.05) is 26.1 Å². The second kappa shape index (κ2) is 11.9. The number of hydrogen-bond donors (Lipinski definition) is 1. The molecule has 5 heteroatoms. The average Bonchev–Trinajstić information content (AvgIpc) is 2.48. The SMILES string of the molecule is CC.CCC(=O)N1CCC(OCCNCC(C)=O)CC1. The van der Waals surface area contributed by atoms with Gasteiger partial charge in [0.1, 0.15) is 5.78 Å². The van der Waals surface area contributed by atoms with Crippen LogP contribution in [0.1, 0.15) is 47.0 Å². The van der Waals surface area contributed by atoms with Crippen molar-refractivity contribution in [2.45, 2.75) is 53.1 Å². The largest absolute Gasteiger partial charge is 0.377 e. The maximum atomic E-state index is 11.5. The van der Waals surface area contributed by atoms with Gasteiger partial charge < -0.3 is 15.0 Å². The van der Waals surface area contributed by atoms with E-state index >= 15 is 0 Å². The summed E-state index contributed by atoms with van der Waals surface area (Å²) in [6, 6.07) is 0.